The van der Waals surface area contributed by atoms with E-state index in [1.54, 1.807) is 42.7 Å². The molecule has 1 saturated heterocycles. The molecule has 0 aromatic rings. The lowest BCUT2D eigenvalue weighted by Crippen LogP contribution is -2.67. The third-order valence-electron chi connectivity index (χ3n) is 9.73. The summed E-state index contributed by atoms with van der Waals surface area (Å²) in [4.78, 5) is 0. The van der Waals surface area contributed by atoms with Crippen molar-refractivity contribution in [2.24, 2.45) is 0 Å². The van der Waals surface area contributed by atoms with Gasteiger partial charge in [0.2, 0.25) is 0 Å². The van der Waals surface area contributed by atoms with Gasteiger partial charge in [0.1, 0.15) is 0 Å². The monoisotopic (exact) mass is 788 g/mol. The van der Waals surface area contributed by atoms with E-state index < -0.39 is 51.9 Å². The molecule has 0 aliphatic carbocycles. The van der Waals surface area contributed by atoms with Crippen LogP contribution < -0.4 is 0 Å². The summed E-state index contributed by atoms with van der Waals surface area (Å²) in [5.41, 5.74) is 0. The fourth-order valence-corrected chi connectivity index (χ4v) is 34.6. The minimum Gasteiger partial charge on any atom is -0.416 e. The van der Waals surface area contributed by atoms with Gasteiger partial charge in [0.15, 0.2) is 0 Å². The van der Waals surface area contributed by atoms with Crippen LogP contribution in [-0.4, -0.2) is 94.5 Å². The van der Waals surface area contributed by atoms with E-state index in [2.05, 4.69) is 40.0 Å². The zero-order valence-corrected chi connectivity index (χ0v) is 39.2. The first-order valence-corrected chi connectivity index (χ1v) is 32.8. The fourth-order valence-electron chi connectivity index (χ4n) is 7.33. The Bertz CT molecular complexity index is 765. The zero-order valence-electron chi connectivity index (χ0n) is 33.2. The van der Waals surface area contributed by atoms with Crippen LogP contribution in [0, 0.1) is 0 Å². The van der Waals surface area contributed by atoms with Crippen LogP contribution >= 0.6 is 0 Å². The molecule has 0 spiro atoms. The van der Waals surface area contributed by atoms with E-state index in [0.29, 0.717) is 0 Å². The Balaban J connectivity index is 2.80. The Morgan fingerprint density at radius 1 is 0.354 bits per heavy atom. The summed E-state index contributed by atoms with van der Waals surface area (Å²) < 4.78 is 62.5. The summed E-state index contributed by atoms with van der Waals surface area (Å²) in [5, 5.41) is 0. The lowest BCUT2D eigenvalue weighted by atomic mass is 10.1. The predicted molar refractivity (Wildman–Crippen MR) is 209 cm³/mol. The molecule has 1 aliphatic rings. The van der Waals surface area contributed by atoms with E-state index in [4.69, 9.17) is 43.0 Å². The van der Waals surface area contributed by atoms with Crippen molar-refractivity contribution < 1.29 is 43.0 Å². The predicted octanol–water partition coefficient (Wildman–Crippen LogP) is 9.61. The lowest BCUT2D eigenvalue weighted by Gasteiger charge is -2.50. The van der Waals surface area contributed by atoms with Gasteiger partial charge < -0.3 is 43.0 Å². The largest absolute Gasteiger partial charge is 0.500 e. The van der Waals surface area contributed by atoms with E-state index in [0.717, 1.165) is 87.6 Å². The summed E-state index contributed by atoms with van der Waals surface area (Å²) in [6, 6.07) is 5.72. The molecular weight excluding hydrogens is 713 g/mol. The molecule has 0 bridgehead atoms. The van der Waals surface area contributed by atoms with E-state index >= 15 is 0 Å². The van der Waals surface area contributed by atoms with Crippen LogP contribution in [0.15, 0.2) is 0 Å². The standard InChI is InChI=1S/C32H76O10Si6/c1-13-27-43(9)39-44(10,28-14-2)41-46(12,30-24-20-16-18-22-26-32-48(36-6,37-7)38-8)42-45(11,40-43)29-23-19-15-17-21-25-31-47(33-3,34-4)35-5/h13-32H2,1-12H3. The molecule has 0 N–H and O–H groups in total. The Morgan fingerprint density at radius 2 is 0.583 bits per heavy atom. The maximum atomic E-state index is 7.34. The molecule has 48 heavy (non-hydrogen) atoms. The lowest BCUT2D eigenvalue weighted by molar-refractivity contribution is 0.122. The van der Waals surface area contributed by atoms with E-state index in [-0.39, 0.29) is 0 Å². The highest BCUT2D eigenvalue weighted by Crippen LogP contribution is 2.39. The van der Waals surface area contributed by atoms with Crippen LogP contribution in [0.25, 0.3) is 0 Å². The van der Waals surface area contributed by atoms with Crippen molar-refractivity contribution in [1.29, 1.82) is 0 Å². The molecule has 0 saturated carbocycles. The Labute approximate surface area is 302 Å². The summed E-state index contributed by atoms with van der Waals surface area (Å²) in [5.74, 6) is 0. The van der Waals surface area contributed by atoms with Gasteiger partial charge in [0.05, 0.1) is 0 Å². The molecular formula is C32H76O10Si6. The van der Waals surface area contributed by atoms with Crippen LogP contribution in [0.2, 0.25) is 62.5 Å². The average Bonchev–Trinajstić information content (AvgIpc) is 3.03. The van der Waals surface area contributed by atoms with Gasteiger partial charge in [-0.25, -0.2) is 0 Å². The van der Waals surface area contributed by atoms with Gasteiger partial charge in [0, 0.05) is 54.7 Å². The molecule has 1 heterocycles. The highest BCUT2D eigenvalue weighted by Gasteiger charge is 2.56. The highest BCUT2D eigenvalue weighted by molar-refractivity contribution is 6.93. The maximum Gasteiger partial charge on any atom is 0.500 e. The van der Waals surface area contributed by atoms with Gasteiger partial charge in [-0.15, -0.1) is 0 Å². The van der Waals surface area contributed by atoms with Gasteiger partial charge in [-0.1, -0.05) is 90.9 Å². The van der Waals surface area contributed by atoms with Crippen molar-refractivity contribution >= 4 is 51.9 Å². The average molecular weight is 789 g/mol. The first-order chi connectivity index (χ1) is 22.7. The quantitative estimate of drug-likeness (QED) is 0.0564. The van der Waals surface area contributed by atoms with Crippen molar-refractivity contribution in [2.45, 2.75) is 166 Å². The number of rotatable bonds is 28. The minimum absolute atomic E-state index is 0.868. The highest BCUT2D eigenvalue weighted by atomic mass is 28.5. The van der Waals surface area contributed by atoms with Gasteiger partial charge in [-0.05, 0) is 63.2 Å². The number of hydrogen-bond acceptors (Lipinski definition) is 10. The molecule has 4 atom stereocenters. The Hall–Kier alpha value is 0.901. The van der Waals surface area contributed by atoms with Crippen molar-refractivity contribution in [1.82, 2.24) is 0 Å². The van der Waals surface area contributed by atoms with E-state index in [1.165, 1.54) is 38.5 Å². The topological polar surface area (TPSA) is 92.3 Å². The summed E-state index contributed by atoms with van der Waals surface area (Å²) in [6.07, 6.45) is 16.0. The third kappa shape index (κ3) is 16.7. The zero-order chi connectivity index (χ0) is 36.2. The second-order valence-corrected chi connectivity index (χ2v) is 34.8. The molecule has 288 valence electrons. The normalized spacial score (nSPS) is 27.2. The molecule has 0 aromatic carbocycles. The van der Waals surface area contributed by atoms with Gasteiger partial charge in [0.25, 0.3) is 0 Å². The van der Waals surface area contributed by atoms with Crippen molar-refractivity contribution in [3.8, 4) is 0 Å². The van der Waals surface area contributed by atoms with Crippen molar-refractivity contribution in [3.05, 3.63) is 0 Å². The second-order valence-electron chi connectivity index (χ2n) is 14.3. The van der Waals surface area contributed by atoms with Gasteiger partial charge in [-0.2, -0.15) is 0 Å². The van der Waals surface area contributed by atoms with E-state index in [1.807, 2.05) is 0 Å². The molecule has 0 radical (unpaired) electrons. The molecule has 1 fully saturated rings. The van der Waals surface area contributed by atoms with Crippen LogP contribution in [0.1, 0.15) is 104 Å². The van der Waals surface area contributed by atoms with Crippen LogP contribution in [0.5, 0.6) is 0 Å². The van der Waals surface area contributed by atoms with Crippen LogP contribution in [0.4, 0.5) is 0 Å². The summed E-state index contributed by atoms with van der Waals surface area (Å²) in [7, 11) is -4.72. The molecule has 4 unspecified atom stereocenters. The first kappa shape index (κ1) is 46.9. The summed E-state index contributed by atoms with van der Waals surface area (Å²) in [6.45, 7) is 13.7. The Morgan fingerprint density at radius 3 is 0.833 bits per heavy atom. The van der Waals surface area contributed by atoms with Gasteiger partial charge in [-0.3, -0.25) is 0 Å². The third-order valence-corrected chi connectivity index (χ3v) is 34.6. The van der Waals surface area contributed by atoms with Crippen molar-refractivity contribution in [2.75, 3.05) is 42.7 Å². The van der Waals surface area contributed by atoms with Gasteiger partial charge >= 0.3 is 51.9 Å². The molecule has 16 heteroatoms. The molecule has 10 nitrogen and oxygen atoms in total. The van der Waals surface area contributed by atoms with Crippen LogP contribution in [-0.2, 0) is 43.0 Å². The molecule has 0 amide bonds. The first-order valence-electron chi connectivity index (χ1n) is 18.8. The molecule has 1 aliphatic heterocycles. The number of hydrogen-bond donors (Lipinski definition) is 0. The number of unbranched alkanes of at least 4 members (excludes halogenated alkanes) is 10. The minimum atomic E-state index is -2.52. The van der Waals surface area contributed by atoms with E-state index in [9.17, 15) is 0 Å². The Kier molecular flexibility index (Phi) is 23.0. The molecule has 1 rings (SSSR count). The molecule has 0 aromatic heterocycles. The second kappa shape index (κ2) is 23.5. The van der Waals surface area contributed by atoms with Crippen molar-refractivity contribution in [3.63, 3.8) is 0 Å². The smallest absolute Gasteiger partial charge is 0.416 e. The maximum absolute atomic E-state index is 7.34. The summed E-state index contributed by atoms with van der Waals surface area (Å²) >= 11 is 0. The van der Waals surface area contributed by atoms with Crippen LogP contribution in [0.3, 0.4) is 0 Å². The fraction of sp³-hybridized carbons (Fsp3) is 1.00. The SMILES string of the molecule is CCC[Si]1(C)O[Si](C)(CCC)O[Si](C)(CCCCCCCC[Si](OC)(OC)OC)O[Si](C)(CCCCCCCC[Si](OC)(OC)OC)O1.